The fourth-order valence-electron chi connectivity index (χ4n) is 1.91. The molecule has 1 rings (SSSR count). The zero-order chi connectivity index (χ0) is 10.4. The van der Waals surface area contributed by atoms with Crippen molar-refractivity contribution >= 4 is 5.97 Å². The van der Waals surface area contributed by atoms with Gasteiger partial charge in [0, 0.05) is 13.0 Å². The molecule has 1 saturated heterocycles. The van der Waals surface area contributed by atoms with Crippen LogP contribution < -0.4 is 0 Å². The van der Waals surface area contributed by atoms with E-state index in [2.05, 4.69) is 6.07 Å². The van der Waals surface area contributed by atoms with Gasteiger partial charge in [0.1, 0.15) is 6.04 Å². The summed E-state index contributed by atoms with van der Waals surface area (Å²) in [4.78, 5) is 12.9. The van der Waals surface area contributed by atoms with Crippen molar-refractivity contribution in [3.05, 3.63) is 0 Å². The molecule has 0 aliphatic carbocycles. The number of rotatable bonds is 3. The van der Waals surface area contributed by atoms with Gasteiger partial charge in [0.05, 0.1) is 6.07 Å². The number of hydrogen-bond acceptors (Lipinski definition) is 3. The number of carbonyl (C=O) groups is 1. The van der Waals surface area contributed by atoms with Gasteiger partial charge in [-0.1, -0.05) is 12.8 Å². The Morgan fingerprint density at radius 2 is 2.29 bits per heavy atom. The Hall–Kier alpha value is -1.08. The second kappa shape index (κ2) is 5.61. The molecule has 1 atom stereocenters. The smallest absolute Gasteiger partial charge is 0.320 e. The molecule has 0 bridgehead atoms. The second-order valence-corrected chi connectivity index (χ2v) is 3.65. The van der Waals surface area contributed by atoms with Crippen LogP contribution in [0.4, 0.5) is 0 Å². The molecule has 0 aromatic carbocycles. The first-order chi connectivity index (χ1) is 6.75. The van der Waals surface area contributed by atoms with Gasteiger partial charge >= 0.3 is 5.97 Å². The van der Waals surface area contributed by atoms with E-state index >= 15 is 0 Å². The number of nitrogens with zero attached hydrogens (tertiary/aromatic N) is 2. The van der Waals surface area contributed by atoms with Gasteiger partial charge in [-0.15, -0.1) is 0 Å². The molecule has 78 valence electrons. The maximum atomic E-state index is 11.0. The van der Waals surface area contributed by atoms with Gasteiger partial charge in [-0.3, -0.25) is 9.69 Å². The van der Waals surface area contributed by atoms with E-state index in [1.807, 2.05) is 4.90 Å². The molecule has 0 spiro atoms. The van der Waals surface area contributed by atoms with E-state index in [1.54, 1.807) is 0 Å². The minimum atomic E-state index is -0.746. The van der Waals surface area contributed by atoms with Crippen LogP contribution in [0.15, 0.2) is 0 Å². The van der Waals surface area contributed by atoms with E-state index in [-0.39, 0.29) is 6.04 Å². The Morgan fingerprint density at radius 3 is 2.93 bits per heavy atom. The van der Waals surface area contributed by atoms with Gasteiger partial charge in [0.25, 0.3) is 0 Å². The van der Waals surface area contributed by atoms with Crippen LogP contribution in [-0.2, 0) is 4.79 Å². The molecular weight excluding hydrogens is 180 g/mol. The molecule has 1 fully saturated rings. The van der Waals surface area contributed by atoms with Crippen molar-refractivity contribution in [1.82, 2.24) is 4.90 Å². The summed E-state index contributed by atoms with van der Waals surface area (Å²) in [5.41, 5.74) is 0. The van der Waals surface area contributed by atoms with Crippen LogP contribution in [-0.4, -0.2) is 35.1 Å². The van der Waals surface area contributed by atoms with Gasteiger partial charge in [-0.05, 0) is 19.4 Å². The molecule has 1 heterocycles. The van der Waals surface area contributed by atoms with Crippen molar-refractivity contribution in [1.29, 1.82) is 5.26 Å². The molecule has 4 nitrogen and oxygen atoms in total. The van der Waals surface area contributed by atoms with Crippen LogP contribution in [0.3, 0.4) is 0 Å². The van der Waals surface area contributed by atoms with Crippen molar-refractivity contribution in [3.63, 3.8) is 0 Å². The number of nitriles is 1. The third-order valence-electron chi connectivity index (χ3n) is 2.66. The minimum Gasteiger partial charge on any atom is -0.480 e. The highest BCUT2D eigenvalue weighted by Gasteiger charge is 2.26. The van der Waals surface area contributed by atoms with E-state index in [0.29, 0.717) is 13.0 Å². The van der Waals surface area contributed by atoms with Crippen molar-refractivity contribution < 1.29 is 9.90 Å². The molecule has 0 aromatic heterocycles. The Balaban J connectivity index is 2.55. The van der Waals surface area contributed by atoms with Gasteiger partial charge in [-0.2, -0.15) is 5.26 Å². The molecule has 1 aliphatic rings. The topological polar surface area (TPSA) is 64.3 Å². The lowest BCUT2D eigenvalue weighted by Gasteiger charge is -2.25. The maximum Gasteiger partial charge on any atom is 0.320 e. The summed E-state index contributed by atoms with van der Waals surface area (Å²) in [7, 11) is 0. The summed E-state index contributed by atoms with van der Waals surface area (Å²) in [6, 6.07) is 1.69. The first kappa shape index (κ1) is 11.0. The normalized spacial score (nSPS) is 23.8. The Labute approximate surface area is 84.1 Å². The van der Waals surface area contributed by atoms with E-state index in [4.69, 9.17) is 10.4 Å². The molecule has 0 radical (unpaired) electrons. The summed E-state index contributed by atoms with van der Waals surface area (Å²) in [6.45, 7) is 1.41. The molecule has 0 amide bonds. The molecule has 0 aromatic rings. The summed E-state index contributed by atoms with van der Waals surface area (Å²) in [5.74, 6) is -0.746. The largest absolute Gasteiger partial charge is 0.480 e. The predicted octanol–water partition coefficient (Wildman–Crippen LogP) is 1.23. The van der Waals surface area contributed by atoms with Crippen LogP contribution >= 0.6 is 0 Å². The van der Waals surface area contributed by atoms with E-state index < -0.39 is 5.97 Å². The van der Waals surface area contributed by atoms with E-state index in [0.717, 1.165) is 32.2 Å². The van der Waals surface area contributed by atoms with Crippen molar-refractivity contribution in [2.24, 2.45) is 0 Å². The maximum absolute atomic E-state index is 11.0. The quantitative estimate of drug-likeness (QED) is 0.737. The molecule has 14 heavy (non-hydrogen) atoms. The zero-order valence-electron chi connectivity index (χ0n) is 8.28. The lowest BCUT2D eigenvalue weighted by atomic mass is 10.1. The SMILES string of the molecule is N#CCCN1CCCCCC1C(=O)O. The molecule has 1 unspecified atom stereocenters. The summed E-state index contributed by atoms with van der Waals surface area (Å²) < 4.78 is 0. The molecule has 0 saturated carbocycles. The lowest BCUT2D eigenvalue weighted by molar-refractivity contribution is -0.143. The fraction of sp³-hybridized carbons (Fsp3) is 0.800. The predicted molar refractivity (Wildman–Crippen MR) is 51.7 cm³/mol. The number of carboxylic acids is 1. The van der Waals surface area contributed by atoms with Crippen LogP contribution in [0.2, 0.25) is 0 Å². The molecular formula is C10H16N2O2. The summed E-state index contributed by atoms with van der Waals surface area (Å²) >= 11 is 0. The Kier molecular flexibility index (Phi) is 4.41. The van der Waals surface area contributed by atoms with Crippen molar-refractivity contribution in [2.45, 2.75) is 38.1 Å². The number of carboxylic acid groups (broad SMARTS) is 1. The Morgan fingerprint density at radius 1 is 1.50 bits per heavy atom. The number of aliphatic carboxylic acids is 1. The van der Waals surface area contributed by atoms with Gasteiger partial charge in [0.2, 0.25) is 0 Å². The zero-order valence-corrected chi connectivity index (χ0v) is 8.28. The molecule has 4 heteroatoms. The summed E-state index contributed by atoms with van der Waals surface area (Å²) in [6.07, 6.45) is 4.28. The monoisotopic (exact) mass is 196 g/mol. The average molecular weight is 196 g/mol. The highest BCUT2D eigenvalue weighted by atomic mass is 16.4. The van der Waals surface area contributed by atoms with Gasteiger partial charge < -0.3 is 5.11 Å². The highest BCUT2D eigenvalue weighted by Crippen LogP contribution is 2.16. The first-order valence-electron chi connectivity index (χ1n) is 5.09. The standard InChI is InChI=1S/C10H16N2O2/c11-6-4-8-12-7-3-1-2-5-9(12)10(13)14/h9H,1-5,7-8H2,(H,13,14). The Bertz CT molecular complexity index is 235. The van der Waals surface area contributed by atoms with Crippen molar-refractivity contribution in [3.8, 4) is 6.07 Å². The number of hydrogen-bond donors (Lipinski definition) is 1. The minimum absolute atomic E-state index is 0.370. The fourth-order valence-corrected chi connectivity index (χ4v) is 1.91. The lowest BCUT2D eigenvalue weighted by Crippen LogP contribution is -2.41. The number of likely N-dealkylation sites (tertiary alicyclic amines) is 1. The average Bonchev–Trinajstić information content (AvgIpc) is 2.39. The van der Waals surface area contributed by atoms with Crippen LogP contribution in [0, 0.1) is 11.3 Å². The molecule has 1 N–H and O–H groups in total. The van der Waals surface area contributed by atoms with Gasteiger partial charge in [-0.25, -0.2) is 0 Å². The third-order valence-corrected chi connectivity index (χ3v) is 2.66. The third kappa shape index (κ3) is 3.00. The second-order valence-electron chi connectivity index (χ2n) is 3.65. The first-order valence-corrected chi connectivity index (χ1v) is 5.09. The van der Waals surface area contributed by atoms with E-state index in [1.165, 1.54) is 0 Å². The van der Waals surface area contributed by atoms with Crippen LogP contribution in [0.1, 0.15) is 32.1 Å². The highest BCUT2D eigenvalue weighted by molar-refractivity contribution is 5.73. The van der Waals surface area contributed by atoms with Crippen LogP contribution in [0.25, 0.3) is 0 Å². The van der Waals surface area contributed by atoms with Crippen molar-refractivity contribution in [2.75, 3.05) is 13.1 Å². The van der Waals surface area contributed by atoms with Gasteiger partial charge in [0.15, 0.2) is 0 Å². The van der Waals surface area contributed by atoms with E-state index in [9.17, 15) is 4.79 Å². The molecule has 1 aliphatic heterocycles. The summed E-state index contributed by atoms with van der Waals surface area (Å²) in [5, 5.41) is 17.5. The van der Waals surface area contributed by atoms with Crippen LogP contribution in [0.5, 0.6) is 0 Å².